The Morgan fingerprint density at radius 3 is 2.33 bits per heavy atom. The van der Waals surface area contributed by atoms with E-state index in [0.29, 0.717) is 44.5 Å². The van der Waals surface area contributed by atoms with Crippen LogP contribution in [0, 0.1) is 5.92 Å². The number of carbonyl (C=O) groups is 2. The largest absolute Gasteiger partial charge is 0.383 e. The first kappa shape index (κ1) is 17.9. The predicted molar refractivity (Wildman–Crippen MR) is 81.7 cm³/mol. The van der Waals surface area contributed by atoms with Crippen LogP contribution >= 0.6 is 0 Å². The highest BCUT2D eigenvalue weighted by molar-refractivity contribution is 5.78. The van der Waals surface area contributed by atoms with Crippen molar-refractivity contribution in [3.63, 3.8) is 0 Å². The standard InChI is InChI=1S/C15H29N3O3/c1-21-11-10-18-15(20)8-9-17-14(19)7-4-12-2-5-13(16)6-3-12/h12-13H,2-11,16H2,1H3,(H,17,19)(H,18,20). The first-order chi connectivity index (χ1) is 10.1. The number of nitrogens with one attached hydrogen (secondary N) is 2. The van der Waals surface area contributed by atoms with Gasteiger partial charge in [0.1, 0.15) is 0 Å². The summed E-state index contributed by atoms with van der Waals surface area (Å²) in [5.41, 5.74) is 5.87. The molecule has 1 aliphatic rings. The van der Waals surface area contributed by atoms with E-state index in [2.05, 4.69) is 10.6 Å². The number of carbonyl (C=O) groups excluding carboxylic acids is 2. The topological polar surface area (TPSA) is 93.5 Å². The summed E-state index contributed by atoms with van der Waals surface area (Å²) in [7, 11) is 1.59. The van der Waals surface area contributed by atoms with Gasteiger partial charge in [0.25, 0.3) is 0 Å². The van der Waals surface area contributed by atoms with E-state index in [0.717, 1.165) is 32.1 Å². The lowest BCUT2D eigenvalue weighted by Gasteiger charge is -2.25. The number of ether oxygens (including phenoxy) is 1. The fraction of sp³-hybridized carbons (Fsp3) is 0.867. The van der Waals surface area contributed by atoms with E-state index in [4.69, 9.17) is 10.5 Å². The van der Waals surface area contributed by atoms with Crippen molar-refractivity contribution < 1.29 is 14.3 Å². The van der Waals surface area contributed by atoms with E-state index in [1.807, 2.05) is 0 Å². The molecule has 0 aromatic rings. The molecular weight excluding hydrogens is 270 g/mol. The highest BCUT2D eigenvalue weighted by Gasteiger charge is 2.19. The highest BCUT2D eigenvalue weighted by atomic mass is 16.5. The average Bonchev–Trinajstić information content (AvgIpc) is 2.47. The first-order valence-corrected chi connectivity index (χ1v) is 7.89. The van der Waals surface area contributed by atoms with Crippen LogP contribution in [0.3, 0.4) is 0 Å². The van der Waals surface area contributed by atoms with Crippen molar-refractivity contribution in [3.8, 4) is 0 Å². The molecule has 0 atom stereocenters. The zero-order valence-electron chi connectivity index (χ0n) is 13.0. The second-order valence-electron chi connectivity index (χ2n) is 5.76. The van der Waals surface area contributed by atoms with Gasteiger partial charge in [0.2, 0.25) is 11.8 Å². The van der Waals surface area contributed by atoms with Crippen molar-refractivity contribution in [1.29, 1.82) is 0 Å². The Hall–Kier alpha value is -1.14. The highest BCUT2D eigenvalue weighted by Crippen LogP contribution is 2.26. The fourth-order valence-corrected chi connectivity index (χ4v) is 2.60. The summed E-state index contributed by atoms with van der Waals surface area (Å²) < 4.78 is 4.84. The summed E-state index contributed by atoms with van der Waals surface area (Å²) in [4.78, 5) is 23.1. The first-order valence-electron chi connectivity index (χ1n) is 7.89. The van der Waals surface area contributed by atoms with E-state index in [1.165, 1.54) is 0 Å². The molecule has 21 heavy (non-hydrogen) atoms. The molecule has 2 amide bonds. The van der Waals surface area contributed by atoms with Crippen LogP contribution in [0.5, 0.6) is 0 Å². The van der Waals surface area contributed by atoms with Gasteiger partial charge in [-0.2, -0.15) is 0 Å². The van der Waals surface area contributed by atoms with E-state index in [1.54, 1.807) is 7.11 Å². The number of rotatable bonds is 9. The zero-order valence-corrected chi connectivity index (χ0v) is 13.0. The van der Waals surface area contributed by atoms with Gasteiger partial charge in [-0.3, -0.25) is 9.59 Å². The monoisotopic (exact) mass is 299 g/mol. The van der Waals surface area contributed by atoms with E-state index in [9.17, 15) is 9.59 Å². The molecule has 0 spiro atoms. The van der Waals surface area contributed by atoms with Crippen LogP contribution in [0.1, 0.15) is 44.9 Å². The van der Waals surface area contributed by atoms with Crippen molar-refractivity contribution in [2.75, 3.05) is 26.8 Å². The third kappa shape index (κ3) is 8.67. The Labute approximate surface area is 127 Å². The second kappa shape index (κ2) is 10.6. The summed E-state index contributed by atoms with van der Waals surface area (Å²) in [6.45, 7) is 1.41. The van der Waals surface area contributed by atoms with Crippen LogP contribution in [0.25, 0.3) is 0 Å². The van der Waals surface area contributed by atoms with Gasteiger partial charge in [-0.15, -0.1) is 0 Å². The van der Waals surface area contributed by atoms with Crippen LogP contribution in [0.15, 0.2) is 0 Å². The maximum atomic E-state index is 11.7. The summed E-state index contributed by atoms with van der Waals surface area (Å²) in [6, 6.07) is 0.353. The summed E-state index contributed by atoms with van der Waals surface area (Å²) in [6.07, 6.45) is 6.21. The number of hydrogen-bond donors (Lipinski definition) is 3. The average molecular weight is 299 g/mol. The molecule has 0 radical (unpaired) electrons. The van der Waals surface area contributed by atoms with Gasteiger partial charge in [-0.05, 0) is 38.0 Å². The Kier molecular flexibility index (Phi) is 9.01. The Morgan fingerprint density at radius 1 is 1.05 bits per heavy atom. The molecule has 0 unspecified atom stereocenters. The van der Waals surface area contributed by atoms with Crippen molar-refractivity contribution in [2.24, 2.45) is 11.7 Å². The number of amides is 2. The van der Waals surface area contributed by atoms with Crippen LogP contribution in [0.4, 0.5) is 0 Å². The number of methoxy groups -OCH3 is 1. The Morgan fingerprint density at radius 2 is 1.67 bits per heavy atom. The lowest BCUT2D eigenvalue weighted by molar-refractivity contribution is -0.122. The number of hydrogen-bond acceptors (Lipinski definition) is 4. The maximum absolute atomic E-state index is 11.7. The lowest BCUT2D eigenvalue weighted by atomic mass is 9.84. The molecule has 0 bridgehead atoms. The van der Waals surface area contributed by atoms with E-state index < -0.39 is 0 Å². The molecule has 0 aliphatic heterocycles. The van der Waals surface area contributed by atoms with Crippen LogP contribution in [0.2, 0.25) is 0 Å². The Balaban J connectivity index is 1.99. The molecule has 0 aromatic heterocycles. The molecule has 0 heterocycles. The van der Waals surface area contributed by atoms with Crippen molar-refractivity contribution in [1.82, 2.24) is 10.6 Å². The second-order valence-corrected chi connectivity index (χ2v) is 5.76. The van der Waals surface area contributed by atoms with Gasteiger partial charge in [-0.1, -0.05) is 0 Å². The van der Waals surface area contributed by atoms with Crippen LogP contribution in [-0.2, 0) is 14.3 Å². The zero-order chi connectivity index (χ0) is 15.5. The normalized spacial score (nSPS) is 21.8. The minimum atomic E-state index is -0.0615. The molecule has 1 saturated carbocycles. The third-order valence-electron chi connectivity index (χ3n) is 3.97. The molecule has 1 fully saturated rings. The molecule has 6 heteroatoms. The molecule has 0 aromatic carbocycles. The minimum absolute atomic E-state index is 0.0366. The minimum Gasteiger partial charge on any atom is -0.383 e. The summed E-state index contributed by atoms with van der Waals surface area (Å²) >= 11 is 0. The van der Waals surface area contributed by atoms with E-state index >= 15 is 0 Å². The van der Waals surface area contributed by atoms with Crippen LogP contribution in [-0.4, -0.2) is 44.7 Å². The Bertz CT molecular complexity index is 315. The van der Waals surface area contributed by atoms with Crippen molar-refractivity contribution in [3.05, 3.63) is 0 Å². The summed E-state index contributed by atoms with van der Waals surface area (Å²) in [5, 5.41) is 5.51. The van der Waals surface area contributed by atoms with Gasteiger partial charge in [0, 0.05) is 39.1 Å². The van der Waals surface area contributed by atoms with E-state index in [-0.39, 0.29) is 11.8 Å². The molecule has 1 aliphatic carbocycles. The predicted octanol–water partition coefficient (Wildman–Crippen LogP) is 0.553. The van der Waals surface area contributed by atoms with Gasteiger partial charge < -0.3 is 21.1 Å². The molecular formula is C15H29N3O3. The maximum Gasteiger partial charge on any atom is 0.221 e. The van der Waals surface area contributed by atoms with Gasteiger partial charge >= 0.3 is 0 Å². The molecule has 1 rings (SSSR count). The SMILES string of the molecule is COCCNC(=O)CCNC(=O)CCC1CCC(N)CC1. The number of nitrogens with two attached hydrogens (primary N) is 1. The smallest absolute Gasteiger partial charge is 0.221 e. The van der Waals surface area contributed by atoms with Gasteiger partial charge in [0.15, 0.2) is 0 Å². The lowest BCUT2D eigenvalue weighted by Crippen LogP contribution is -2.32. The fourth-order valence-electron chi connectivity index (χ4n) is 2.60. The molecule has 122 valence electrons. The molecule has 4 N–H and O–H groups in total. The van der Waals surface area contributed by atoms with Crippen molar-refractivity contribution in [2.45, 2.75) is 51.0 Å². The third-order valence-corrected chi connectivity index (χ3v) is 3.97. The molecule has 6 nitrogen and oxygen atoms in total. The quantitative estimate of drug-likeness (QED) is 0.542. The molecule has 0 saturated heterocycles. The van der Waals surface area contributed by atoms with Crippen molar-refractivity contribution >= 4 is 11.8 Å². The summed E-state index contributed by atoms with van der Waals surface area (Å²) in [5.74, 6) is 0.607. The van der Waals surface area contributed by atoms with Gasteiger partial charge in [0.05, 0.1) is 6.61 Å². The van der Waals surface area contributed by atoms with Crippen LogP contribution < -0.4 is 16.4 Å². The van der Waals surface area contributed by atoms with Gasteiger partial charge in [-0.25, -0.2) is 0 Å².